The SMILES string of the molecule is Cc1ccc(F)c(OCC(=O)NCCCCCC(=O)O)c1. The molecule has 0 bridgehead atoms. The number of aliphatic carboxylic acids is 1. The van der Waals surface area contributed by atoms with E-state index in [-0.39, 0.29) is 24.7 Å². The summed E-state index contributed by atoms with van der Waals surface area (Å²) in [5, 5.41) is 11.1. The predicted octanol–water partition coefficient (Wildman–Crippen LogP) is 2.27. The second-order valence-electron chi connectivity index (χ2n) is 4.78. The third-order valence-corrected chi connectivity index (χ3v) is 2.84. The average molecular weight is 297 g/mol. The quantitative estimate of drug-likeness (QED) is 0.686. The van der Waals surface area contributed by atoms with E-state index in [4.69, 9.17) is 9.84 Å². The molecule has 0 saturated carbocycles. The van der Waals surface area contributed by atoms with Crippen molar-refractivity contribution in [3.05, 3.63) is 29.6 Å². The van der Waals surface area contributed by atoms with Crippen LogP contribution in [0, 0.1) is 12.7 Å². The zero-order valence-electron chi connectivity index (χ0n) is 12.0. The molecular formula is C15H20FNO4. The van der Waals surface area contributed by atoms with Crippen LogP contribution in [-0.2, 0) is 9.59 Å². The second-order valence-corrected chi connectivity index (χ2v) is 4.78. The maximum Gasteiger partial charge on any atom is 0.303 e. The molecule has 0 fully saturated rings. The number of carboxylic acid groups (broad SMARTS) is 1. The normalized spacial score (nSPS) is 10.2. The lowest BCUT2D eigenvalue weighted by atomic mass is 10.2. The minimum Gasteiger partial charge on any atom is -0.481 e. The highest BCUT2D eigenvalue weighted by atomic mass is 19.1. The molecule has 0 radical (unpaired) electrons. The van der Waals surface area contributed by atoms with Gasteiger partial charge in [0.05, 0.1) is 0 Å². The molecule has 21 heavy (non-hydrogen) atoms. The molecule has 1 aromatic carbocycles. The minimum atomic E-state index is -0.812. The van der Waals surface area contributed by atoms with E-state index in [1.54, 1.807) is 6.07 Å². The van der Waals surface area contributed by atoms with Gasteiger partial charge < -0.3 is 15.2 Å². The number of aryl methyl sites for hydroxylation is 1. The van der Waals surface area contributed by atoms with Crippen LogP contribution in [0.3, 0.4) is 0 Å². The highest BCUT2D eigenvalue weighted by Gasteiger charge is 2.07. The molecule has 116 valence electrons. The van der Waals surface area contributed by atoms with Crippen molar-refractivity contribution in [1.29, 1.82) is 0 Å². The Morgan fingerprint density at radius 3 is 2.76 bits per heavy atom. The van der Waals surface area contributed by atoms with Crippen molar-refractivity contribution < 1.29 is 23.8 Å². The molecule has 1 aromatic rings. The van der Waals surface area contributed by atoms with Gasteiger partial charge >= 0.3 is 5.97 Å². The number of carbonyl (C=O) groups excluding carboxylic acids is 1. The van der Waals surface area contributed by atoms with Crippen molar-refractivity contribution in [2.24, 2.45) is 0 Å². The van der Waals surface area contributed by atoms with E-state index in [1.807, 2.05) is 6.92 Å². The number of rotatable bonds is 9. The van der Waals surface area contributed by atoms with Gasteiger partial charge in [-0.15, -0.1) is 0 Å². The fraction of sp³-hybridized carbons (Fsp3) is 0.467. The lowest BCUT2D eigenvalue weighted by Crippen LogP contribution is -2.29. The molecule has 0 saturated heterocycles. The van der Waals surface area contributed by atoms with Crippen LogP contribution in [0.1, 0.15) is 31.2 Å². The molecule has 0 aromatic heterocycles. The Balaban J connectivity index is 2.16. The van der Waals surface area contributed by atoms with Crippen LogP contribution in [0.15, 0.2) is 18.2 Å². The molecule has 0 aliphatic carbocycles. The van der Waals surface area contributed by atoms with Gasteiger partial charge in [0.1, 0.15) is 0 Å². The van der Waals surface area contributed by atoms with E-state index < -0.39 is 11.8 Å². The number of benzene rings is 1. The fourth-order valence-electron chi connectivity index (χ4n) is 1.72. The Morgan fingerprint density at radius 1 is 1.29 bits per heavy atom. The number of unbranched alkanes of at least 4 members (excludes halogenated alkanes) is 2. The van der Waals surface area contributed by atoms with E-state index in [9.17, 15) is 14.0 Å². The molecule has 1 rings (SSSR count). The summed E-state index contributed by atoms with van der Waals surface area (Å²) in [6, 6.07) is 4.46. The predicted molar refractivity (Wildman–Crippen MR) is 75.7 cm³/mol. The first-order chi connectivity index (χ1) is 9.99. The first kappa shape index (κ1) is 16.9. The minimum absolute atomic E-state index is 0.0617. The van der Waals surface area contributed by atoms with Crippen molar-refractivity contribution in [2.45, 2.75) is 32.6 Å². The van der Waals surface area contributed by atoms with E-state index in [2.05, 4.69) is 5.32 Å². The number of carboxylic acids is 1. The molecule has 6 heteroatoms. The Labute approximate surface area is 123 Å². The maximum absolute atomic E-state index is 13.4. The molecule has 0 spiro atoms. The summed E-state index contributed by atoms with van der Waals surface area (Å²) in [4.78, 5) is 21.8. The Kier molecular flexibility index (Phi) is 7.21. The summed E-state index contributed by atoms with van der Waals surface area (Å²) in [6.45, 7) is 2.02. The van der Waals surface area contributed by atoms with Gasteiger partial charge in [0.2, 0.25) is 0 Å². The van der Waals surface area contributed by atoms with Crippen molar-refractivity contribution in [3.63, 3.8) is 0 Å². The topological polar surface area (TPSA) is 75.6 Å². The van der Waals surface area contributed by atoms with Crippen LogP contribution >= 0.6 is 0 Å². The highest BCUT2D eigenvalue weighted by molar-refractivity contribution is 5.77. The third-order valence-electron chi connectivity index (χ3n) is 2.84. The van der Waals surface area contributed by atoms with E-state index in [0.29, 0.717) is 19.4 Å². The van der Waals surface area contributed by atoms with Crippen LogP contribution in [0.4, 0.5) is 4.39 Å². The molecule has 0 aliphatic rings. The van der Waals surface area contributed by atoms with Crippen LogP contribution in [0.2, 0.25) is 0 Å². The van der Waals surface area contributed by atoms with Gasteiger partial charge in [0.25, 0.3) is 5.91 Å². The number of hydrogen-bond acceptors (Lipinski definition) is 3. The van der Waals surface area contributed by atoms with E-state index >= 15 is 0 Å². The van der Waals surface area contributed by atoms with Crippen LogP contribution in [0.25, 0.3) is 0 Å². The lowest BCUT2D eigenvalue weighted by molar-refractivity contribution is -0.137. The molecule has 5 nitrogen and oxygen atoms in total. The van der Waals surface area contributed by atoms with Gasteiger partial charge in [-0.3, -0.25) is 9.59 Å². The number of hydrogen-bond donors (Lipinski definition) is 2. The fourth-order valence-corrected chi connectivity index (χ4v) is 1.72. The number of halogens is 1. The number of carbonyl (C=O) groups is 2. The number of nitrogens with one attached hydrogen (secondary N) is 1. The second kappa shape index (κ2) is 8.94. The third kappa shape index (κ3) is 7.29. The monoisotopic (exact) mass is 297 g/mol. The smallest absolute Gasteiger partial charge is 0.303 e. The lowest BCUT2D eigenvalue weighted by Gasteiger charge is -2.08. The number of ether oxygens (including phenoxy) is 1. The Hall–Kier alpha value is -2.11. The van der Waals surface area contributed by atoms with Gasteiger partial charge in [0, 0.05) is 13.0 Å². The maximum atomic E-state index is 13.4. The molecule has 0 atom stereocenters. The zero-order chi connectivity index (χ0) is 15.7. The van der Waals surface area contributed by atoms with Crippen molar-refractivity contribution in [3.8, 4) is 5.75 Å². The Morgan fingerprint density at radius 2 is 2.05 bits per heavy atom. The van der Waals surface area contributed by atoms with Crippen molar-refractivity contribution in [1.82, 2.24) is 5.32 Å². The van der Waals surface area contributed by atoms with Crippen molar-refractivity contribution >= 4 is 11.9 Å². The van der Waals surface area contributed by atoms with Crippen molar-refractivity contribution in [2.75, 3.05) is 13.2 Å². The summed E-state index contributed by atoms with van der Waals surface area (Å²) >= 11 is 0. The van der Waals surface area contributed by atoms with E-state index in [0.717, 1.165) is 12.0 Å². The van der Waals surface area contributed by atoms with Gasteiger partial charge in [0.15, 0.2) is 18.2 Å². The summed E-state index contributed by atoms with van der Waals surface area (Å²) in [5.74, 6) is -1.57. The van der Waals surface area contributed by atoms with Crippen LogP contribution < -0.4 is 10.1 Å². The standard InChI is InChI=1S/C15H20FNO4/c1-11-6-7-12(16)13(9-11)21-10-14(18)17-8-4-2-3-5-15(19)20/h6-7,9H,2-5,8,10H2,1H3,(H,17,18)(H,19,20). The Bertz CT molecular complexity index is 491. The first-order valence-corrected chi connectivity index (χ1v) is 6.86. The average Bonchev–Trinajstić information content (AvgIpc) is 2.43. The summed E-state index contributed by atoms with van der Waals surface area (Å²) in [7, 11) is 0. The van der Waals surface area contributed by atoms with Gasteiger partial charge in [-0.25, -0.2) is 4.39 Å². The molecule has 0 unspecified atom stereocenters. The van der Waals surface area contributed by atoms with E-state index in [1.165, 1.54) is 12.1 Å². The first-order valence-electron chi connectivity index (χ1n) is 6.86. The van der Waals surface area contributed by atoms with Gasteiger partial charge in [-0.1, -0.05) is 12.5 Å². The molecular weight excluding hydrogens is 277 g/mol. The van der Waals surface area contributed by atoms with Crippen LogP contribution in [-0.4, -0.2) is 30.1 Å². The molecule has 1 amide bonds. The number of amides is 1. The largest absolute Gasteiger partial charge is 0.481 e. The van der Waals surface area contributed by atoms with Crippen LogP contribution in [0.5, 0.6) is 5.75 Å². The van der Waals surface area contributed by atoms with Gasteiger partial charge in [-0.2, -0.15) is 0 Å². The molecule has 0 heterocycles. The molecule has 0 aliphatic heterocycles. The summed E-state index contributed by atoms with van der Waals surface area (Å²) in [6.07, 6.45) is 2.18. The summed E-state index contributed by atoms with van der Waals surface area (Å²) < 4.78 is 18.5. The highest BCUT2D eigenvalue weighted by Crippen LogP contribution is 2.17. The zero-order valence-corrected chi connectivity index (χ0v) is 12.0. The van der Waals surface area contributed by atoms with Gasteiger partial charge in [-0.05, 0) is 37.5 Å². The summed E-state index contributed by atoms with van der Waals surface area (Å²) in [5.41, 5.74) is 0.852. The molecule has 2 N–H and O–H groups in total.